The molecule has 3 aliphatic rings. The molecule has 1 aromatic rings. The summed E-state index contributed by atoms with van der Waals surface area (Å²) in [6, 6.07) is 7.13. The zero-order chi connectivity index (χ0) is 18.8. The molecule has 4 rings (SSSR count). The molecule has 0 radical (unpaired) electrons. The Morgan fingerprint density at radius 3 is 2.33 bits per heavy atom. The van der Waals surface area contributed by atoms with Gasteiger partial charge in [-0.25, -0.2) is 4.79 Å². The Morgan fingerprint density at radius 1 is 0.963 bits per heavy atom. The SMILES string of the molecule is O=C(O)c1ccc(OC2CN(C(=O)C3CCCN(C4CCCC4)C3)C2)cc1. The van der Waals surface area contributed by atoms with E-state index in [2.05, 4.69) is 4.90 Å². The summed E-state index contributed by atoms with van der Waals surface area (Å²) in [7, 11) is 0. The van der Waals surface area contributed by atoms with E-state index in [9.17, 15) is 9.59 Å². The van der Waals surface area contributed by atoms with Gasteiger partial charge in [-0.2, -0.15) is 0 Å². The lowest BCUT2D eigenvalue weighted by Crippen LogP contribution is -2.59. The lowest BCUT2D eigenvalue weighted by atomic mass is 9.93. The van der Waals surface area contributed by atoms with E-state index in [4.69, 9.17) is 9.84 Å². The lowest BCUT2D eigenvalue weighted by molar-refractivity contribution is -0.146. The normalized spacial score (nSPS) is 24.6. The van der Waals surface area contributed by atoms with Crippen LogP contribution in [0.2, 0.25) is 0 Å². The zero-order valence-electron chi connectivity index (χ0n) is 15.7. The molecule has 1 aromatic carbocycles. The van der Waals surface area contributed by atoms with E-state index in [-0.39, 0.29) is 23.5 Å². The van der Waals surface area contributed by atoms with Crippen LogP contribution in [0.3, 0.4) is 0 Å². The number of hydrogen-bond donors (Lipinski definition) is 1. The van der Waals surface area contributed by atoms with Crippen molar-refractivity contribution in [1.82, 2.24) is 9.80 Å². The molecule has 6 nitrogen and oxygen atoms in total. The molecule has 2 heterocycles. The van der Waals surface area contributed by atoms with Crippen LogP contribution in [-0.4, -0.2) is 65.1 Å². The second-order valence-corrected chi connectivity index (χ2v) is 8.08. The molecule has 1 amide bonds. The van der Waals surface area contributed by atoms with Gasteiger partial charge < -0.3 is 14.7 Å². The molecule has 6 heteroatoms. The molecule has 146 valence electrons. The minimum Gasteiger partial charge on any atom is -0.487 e. The molecule has 1 saturated carbocycles. The van der Waals surface area contributed by atoms with Crippen molar-refractivity contribution in [2.75, 3.05) is 26.2 Å². The summed E-state index contributed by atoms with van der Waals surface area (Å²) in [5.41, 5.74) is 0.247. The van der Waals surface area contributed by atoms with Gasteiger partial charge in [-0.1, -0.05) is 12.8 Å². The predicted octanol–water partition coefficient (Wildman–Crippen LogP) is 2.63. The van der Waals surface area contributed by atoms with Gasteiger partial charge in [0, 0.05) is 12.6 Å². The van der Waals surface area contributed by atoms with Crippen molar-refractivity contribution in [1.29, 1.82) is 0 Å². The number of carbonyl (C=O) groups is 2. The van der Waals surface area contributed by atoms with Gasteiger partial charge in [0.15, 0.2) is 0 Å². The monoisotopic (exact) mass is 372 g/mol. The van der Waals surface area contributed by atoms with E-state index < -0.39 is 5.97 Å². The quantitative estimate of drug-likeness (QED) is 0.860. The largest absolute Gasteiger partial charge is 0.487 e. The molecule has 0 spiro atoms. The van der Waals surface area contributed by atoms with Gasteiger partial charge in [-0.15, -0.1) is 0 Å². The van der Waals surface area contributed by atoms with Gasteiger partial charge in [0.25, 0.3) is 0 Å². The van der Waals surface area contributed by atoms with E-state index in [1.54, 1.807) is 24.3 Å². The van der Waals surface area contributed by atoms with Gasteiger partial charge >= 0.3 is 5.97 Å². The highest BCUT2D eigenvalue weighted by atomic mass is 16.5. The zero-order valence-corrected chi connectivity index (χ0v) is 15.7. The van der Waals surface area contributed by atoms with Crippen molar-refractivity contribution in [3.8, 4) is 5.75 Å². The fourth-order valence-corrected chi connectivity index (χ4v) is 4.63. The summed E-state index contributed by atoms with van der Waals surface area (Å²) in [5, 5.41) is 8.93. The fraction of sp³-hybridized carbons (Fsp3) is 0.619. The fourth-order valence-electron chi connectivity index (χ4n) is 4.63. The van der Waals surface area contributed by atoms with Gasteiger partial charge in [-0.05, 0) is 56.5 Å². The van der Waals surface area contributed by atoms with E-state index in [0.29, 0.717) is 24.9 Å². The molecule has 2 saturated heterocycles. The van der Waals surface area contributed by atoms with Gasteiger partial charge in [0.05, 0.1) is 24.6 Å². The average Bonchev–Trinajstić information content (AvgIpc) is 3.19. The number of carbonyl (C=O) groups excluding carboxylic acids is 1. The Kier molecular flexibility index (Phi) is 5.34. The van der Waals surface area contributed by atoms with Crippen LogP contribution >= 0.6 is 0 Å². The molecule has 1 N–H and O–H groups in total. The van der Waals surface area contributed by atoms with E-state index in [1.165, 1.54) is 25.7 Å². The summed E-state index contributed by atoms with van der Waals surface area (Å²) >= 11 is 0. The third-order valence-electron chi connectivity index (χ3n) is 6.21. The maximum Gasteiger partial charge on any atom is 0.335 e. The first kappa shape index (κ1) is 18.3. The maximum absolute atomic E-state index is 12.8. The van der Waals surface area contributed by atoms with Crippen LogP contribution in [0.4, 0.5) is 0 Å². The number of carboxylic acids is 1. The number of likely N-dealkylation sites (tertiary alicyclic amines) is 2. The highest BCUT2D eigenvalue weighted by Crippen LogP contribution is 2.29. The van der Waals surface area contributed by atoms with E-state index in [0.717, 1.165) is 25.9 Å². The summed E-state index contributed by atoms with van der Waals surface area (Å²) < 4.78 is 5.86. The summed E-state index contributed by atoms with van der Waals surface area (Å²) in [4.78, 5) is 28.2. The minimum absolute atomic E-state index is 0.000784. The molecule has 0 bridgehead atoms. The first-order valence-corrected chi connectivity index (χ1v) is 10.1. The van der Waals surface area contributed by atoms with Crippen LogP contribution in [0.1, 0.15) is 48.9 Å². The molecular formula is C21H28N2O4. The van der Waals surface area contributed by atoms with Crippen LogP contribution in [0, 0.1) is 5.92 Å². The van der Waals surface area contributed by atoms with Crippen molar-refractivity contribution < 1.29 is 19.4 Å². The molecule has 1 atom stereocenters. The van der Waals surface area contributed by atoms with Crippen molar-refractivity contribution in [2.45, 2.75) is 50.7 Å². The predicted molar refractivity (Wildman–Crippen MR) is 101 cm³/mol. The summed E-state index contributed by atoms with van der Waals surface area (Å²) in [5.74, 6) is 0.122. The number of ether oxygens (including phenoxy) is 1. The Labute approximate surface area is 160 Å². The van der Waals surface area contributed by atoms with Crippen molar-refractivity contribution >= 4 is 11.9 Å². The second-order valence-electron chi connectivity index (χ2n) is 8.08. The number of hydrogen-bond acceptors (Lipinski definition) is 4. The minimum atomic E-state index is -0.943. The average molecular weight is 372 g/mol. The van der Waals surface area contributed by atoms with Gasteiger partial charge in [0.1, 0.15) is 11.9 Å². The standard InChI is InChI=1S/C21H28N2O4/c24-20(16-4-3-11-22(12-16)17-5-1-2-6-17)23-13-19(14-23)27-18-9-7-15(8-10-18)21(25)26/h7-10,16-17,19H,1-6,11-14H2,(H,25,26). The highest BCUT2D eigenvalue weighted by Gasteiger charge is 2.38. The molecule has 2 aliphatic heterocycles. The summed E-state index contributed by atoms with van der Waals surface area (Å²) in [6.07, 6.45) is 7.37. The number of rotatable bonds is 5. The van der Waals surface area contributed by atoms with Crippen molar-refractivity contribution in [3.63, 3.8) is 0 Å². The Morgan fingerprint density at radius 2 is 1.67 bits per heavy atom. The molecule has 1 unspecified atom stereocenters. The number of amides is 1. The highest BCUT2D eigenvalue weighted by molar-refractivity contribution is 5.87. The summed E-state index contributed by atoms with van der Waals surface area (Å²) in [6.45, 7) is 3.31. The molecular weight excluding hydrogens is 344 g/mol. The Bertz CT molecular complexity index is 678. The molecule has 27 heavy (non-hydrogen) atoms. The van der Waals surface area contributed by atoms with Crippen LogP contribution in [0.25, 0.3) is 0 Å². The van der Waals surface area contributed by atoms with Crippen LogP contribution < -0.4 is 4.74 Å². The smallest absolute Gasteiger partial charge is 0.335 e. The van der Waals surface area contributed by atoms with Crippen LogP contribution in [0.5, 0.6) is 5.75 Å². The number of piperidine rings is 1. The van der Waals surface area contributed by atoms with E-state index >= 15 is 0 Å². The van der Waals surface area contributed by atoms with E-state index in [1.807, 2.05) is 4.90 Å². The van der Waals surface area contributed by atoms with Crippen molar-refractivity contribution in [2.24, 2.45) is 5.92 Å². The first-order valence-electron chi connectivity index (χ1n) is 10.1. The molecule has 1 aliphatic carbocycles. The maximum atomic E-state index is 12.8. The molecule has 3 fully saturated rings. The number of nitrogens with zero attached hydrogens (tertiary/aromatic N) is 2. The van der Waals surface area contributed by atoms with Gasteiger partial charge in [-0.3, -0.25) is 9.69 Å². The Hall–Kier alpha value is -2.08. The van der Waals surface area contributed by atoms with Crippen LogP contribution in [0.15, 0.2) is 24.3 Å². The second kappa shape index (κ2) is 7.89. The third-order valence-corrected chi connectivity index (χ3v) is 6.21. The first-order chi connectivity index (χ1) is 13.1. The number of carboxylic acid groups (broad SMARTS) is 1. The van der Waals surface area contributed by atoms with Crippen LogP contribution in [-0.2, 0) is 4.79 Å². The number of benzene rings is 1. The lowest BCUT2D eigenvalue weighted by Gasteiger charge is -2.43. The van der Waals surface area contributed by atoms with Gasteiger partial charge in [0.2, 0.25) is 5.91 Å². The van der Waals surface area contributed by atoms with Crippen molar-refractivity contribution in [3.05, 3.63) is 29.8 Å². The Balaban J connectivity index is 1.25. The molecule has 0 aromatic heterocycles. The topological polar surface area (TPSA) is 70.1 Å². The number of aromatic carboxylic acids is 1. The third kappa shape index (κ3) is 4.10.